The minimum atomic E-state index is -3.72. The minimum Gasteiger partial charge on any atom is -0.487 e. The first-order valence-electron chi connectivity index (χ1n) is 11.9. The van der Waals surface area contributed by atoms with Crippen molar-refractivity contribution < 1.29 is 27.8 Å². The molecule has 2 aliphatic heterocycles. The number of fused-ring (bicyclic) bond motifs is 3. The van der Waals surface area contributed by atoms with Crippen LogP contribution in [0.2, 0.25) is 0 Å². The lowest BCUT2D eigenvalue weighted by Gasteiger charge is -2.37. The van der Waals surface area contributed by atoms with Crippen molar-refractivity contribution in [1.29, 1.82) is 0 Å². The predicted octanol–water partition coefficient (Wildman–Crippen LogP) is 2.93. The van der Waals surface area contributed by atoms with Crippen molar-refractivity contribution in [1.82, 2.24) is 5.32 Å². The molecule has 2 fully saturated rings. The smallest absolute Gasteiger partial charge is 0.261 e. The Morgan fingerprint density at radius 2 is 1.85 bits per heavy atom. The van der Waals surface area contributed by atoms with Crippen LogP contribution < -0.4 is 14.8 Å². The number of aliphatic hydroxyl groups is 1. The first-order valence-corrected chi connectivity index (χ1v) is 13.4. The number of benzene rings is 2. The van der Waals surface area contributed by atoms with Gasteiger partial charge in [-0.05, 0) is 49.6 Å². The number of aliphatic hydroxyl groups excluding tert-OH is 1. The molecule has 8 nitrogen and oxygen atoms in total. The Morgan fingerprint density at radius 1 is 1.09 bits per heavy atom. The van der Waals surface area contributed by atoms with Gasteiger partial charge in [0.2, 0.25) is 5.91 Å². The molecule has 2 aromatic rings. The molecular formula is C25H30N2O6S. The van der Waals surface area contributed by atoms with Crippen molar-refractivity contribution >= 4 is 21.6 Å². The largest absolute Gasteiger partial charge is 0.487 e. The lowest BCUT2D eigenvalue weighted by molar-refractivity contribution is -0.142. The fourth-order valence-electron chi connectivity index (χ4n) is 5.33. The highest BCUT2D eigenvalue weighted by atomic mass is 32.2. The van der Waals surface area contributed by atoms with E-state index in [1.165, 1.54) is 0 Å². The number of anilines is 1. The van der Waals surface area contributed by atoms with E-state index in [0.29, 0.717) is 17.9 Å². The lowest BCUT2D eigenvalue weighted by Crippen LogP contribution is -2.47. The van der Waals surface area contributed by atoms with Gasteiger partial charge >= 0.3 is 0 Å². The van der Waals surface area contributed by atoms with E-state index < -0.39 is 16.1 Å². The number of ether oxygens (including phenoxy) is 2. The summed E-state index contributed by atoms with van der Waals surface area (Å²) in [5.74, 6) is 0.512. The Balaban J connectivity index is 1.32. The maximum atomic E-state index is 12.8. The Kier molecular flexibility index (Phi) is 6.50. The van der Waals surface area contributed by atoms with Crippen LogP contribution in [0, 0.1) is 0 Å². The van der Waals surface area contributed by atoms with Crippen LogP contribution in [0.4, 0.5) is 5.69 Å². The summed E-state index contributed by atoms with van der Waals surface area (Å²) in [6, 6.07) is 13.6. The second kappa shape index (κ2) is 9.56. The van der Waals surface area contributed by atoms with Gasteiger partial charge in [0.1, 0.15) is 18.0 Å². The van der Waals surface area contributed by atoms with Gasteiger partial charge in [-0.3, -0.25) is 9.52 Å². The first-order chi connectivity index (χ1) is 16.4. The van der Waals surface area contributed by atoms with Crippen LogP contribution in [0.1, 0.15) is 50.0 Å². The van der Waals surface area contributed by atoms with Gasteiger partial charge < -0.3 is 19.9 Å². The normalized spacial score (nSPS) is 26.4. The Bertz CT molecular complexity index is 1130. The number of carbonyl (C=O) groups is 1. The summed E-state index contributed by atoms with van der Waals surface area (Å²) in [5, 5.41) is 13.0. The summed E-state index contributed by atoms with van der Waals surface area (Å²) in [5.41, 5.74) is 1.30. The lowest BCUT2D eigenvalue weighted by atomic mass is 9.84. The van der Waals surface area contributed by atoms with Gasteiger partial charge in [0, 0.05) is 23.2 Å². The van der Waals surface area contributed by atoms with E-state index in [9.17, 15) is 18.3 Å². The molecule has 0 spiro atoms. The highest BCUT2D eigenvalue weighted by Gasteiger charge is 2.46. The first kappa shape index (κ1) is 23.1. The zero-order chi connectivity index (χ0) is 23.7. The van der Waals surface area contributed by atoms with Gasteiger partial charge in [-0.15, -0.1) is 0 Å². The van der Waals surface area contributed by atoms with Crippen molar-refractivity contribution in [3.8, 4) is 5.75 Å². The third-order valence-electron chi connectivity index (χ3n) is 6.94. The van der Waals surface area contributed by atoms with Gasteiger partial charge in [-0.2, -0.15) is 0 Å². The summed E-state index contributed by atoms with van der Waals surface area (Å²) >= 11 is 0. The molecule has 0 bridgehead atoms. The van der Waals surface area contributed by atoms with Crippen molar-refractivity contribution in [2.75, 3.05) is 11.3 Å². The van der Waals surface area contributed by atoms with E-state index in [2.05, 4.69) is 10.0 Å². The van der Waals surface area contributed by atoms with E-state index in [0.717, 1.165) is 31.2 Å². The fraction of sp³-hybridized carbons (Fsp3) is 0.480. The zero-order valence-electron chi connectivity index (χ0n) is 18.9. The molecule has 5 rings (SSSR count). The Morgan fingerprint density at radius 3 is 2.59 bits per heavy atom. The van der Waals surface area contributed by atoms with Crippen LogP contribution in [-0.2, 0) is 19.6 Å². The van der Waals surface area contributed by atoms with Crippen LogP contribution in [0.25, 0.3) is 0 Å². The Labute approximate surface area is 199 Å². The number of rotatable bonds is 7. The summed E-state index contributed by atoms with van der Waals surface area (Å²) < 4.78 is 40.3. The molecule has 1 saturated heterocycles. The van der Waals surface area contributed by atoms with Gasteiger partial charge in [-0.1, -0.05) is 31.0 Å². The van der Waals surface area contributed by atoms with Crippen LogP contribution in [0.3, 0.4) is 0 Å². The summed E-state index contributed by atoms with van der Waals surface area (Å²) in [6.07, 6.45) is 3.83. The number of hydrogen-bond acceptors (Lipinski definition) is 6. The maximum absolute atomic E-state index is 12.8. The van der Waals surface area contributed by atoms with Crippen molar-refractivity contribution in [2.45, 2.75) is 73.7 Å². The highest BCUT2D eigenvalue weighted by Crippen LogP contribution is 2.47. The van der Waals surface area contributed by atoms with Gasteiger partial charge in [0.05, 0.1) is 24.0 Å². The molecule has 1 amide bonds. The molecule has 4 atom stereocenters. The maximum Gasteiger partial charge on any atom is 0.261 e. The molecular weight excluding hydrogens is 456 g/mol. The SMILES string of the molecule is O=C(C[C@@H]1C[C@H]2c3cc(NS(=O)(=O)c4ccccc4)ccc3O[C@H]2[C@H](CO)O1)NC1CCCC1. The molecule has 0 radical (unpaired) electrons. The van der Waals surface area contributed by atoms with E-state index in [1.807, 2.05) is 0 Å². The highest BCUT2D eigenvalue weighted by molar-refractivity contribution is 7.92. The molecule has 0 unspecified atom stereocenters. The van der Waals surface area contributed by atoms with Gasteiger partial charge in [0.15, 0.2) is 0 Å². The molecule has 1 saturated carbocycles. The van der Waals surface area contributed by atoms with Gasteiger partial charge in [0.25, 0.3) is 10.0 Å². The summed E-state index contributed by atoms with van der Waals surface area (Å²) in [6.45, 7) is -0.219. The van der Waals surface area contributed by atoms with E-state index in [4.69, 9.17) is 9.47 Å². The van der Waals surface area contributed by atoms with Crippen molar-refractivity contribution in [3.05, 3.63) is 54.1 Å². The van der Waals surface area contributed by atoms with Crippen molar-refractivity contribution in [3.63, 3.8) is 0 Å². The molecule has 2 heterocycles. The third kappa shape index (κ3) is 4.78. The van der Waals surface area contributed by atoms with Crippen LogP contribution in [0.15, 0.2) is 53.4 Å². The standard InChI is InChI=1S/C25H30N2O6S/c28-15-23-25-21(13-18(32-23)14-24(29)26-16-6-4-5-7-16)20-12-17(10-11-22(20)33-25)27-34(30,31)19-8-2-1-3-9-19/h1-3,8-12,16,18,21,23,25,27-28H,4-7,13-15H2,(H,26,29)/t18-,21-,23-,25+/m0/s1. The molecule has 1 aliphatic carbocycles. The number of nitrogens with one attached hydrogen (secondary N) is 2. The van der Waals surface area contributed by atoms with Crippen LogP contribution in [-0.4, -0.2) is 50.4 Å². The van der Waals surface area contributed by atoms with Crippen molar-refractivity contribution in [2.24, 2.45) is 0 Å². The molecule has 182 valence electrons. The minimum absolute atomic E-state index is 0.0319. The number of hydrogen-bond donors (Lipinski definition) is 3. The number of carbonyl (C=O) groups excluding carboxylic acids is 1. The molecule has 3 N–H and O–H groups in total. The zero-order valence-corrected chi connectivity index (χ0v) is 19.7. The third-order valence-corrected chi connectivity index (χ3v) is 8.34. The second-order valence-electron chi connectivity index (χ2n) is 9.33. The van der Waals surface area contributed by atoms with Gasteiger partial charge in [-0.25, -0.2) is 8.42 Å². The molecule has 34 heavy (non-hydrogen) atoms. The number of sulfonamides is 1. The van der Waals surface area contributed by atoms with E-state index >= 15 is 0 Å². The Hall–Kier alpha value is -2.62. The quantitative estimate of drug-likeness (QED) is 0.555. The fourth-order valence-corrected chi connectivity index (χ4v) is 6.40. The van der Waals surface area contributed by atoms with E-state index in [-0.39, 0.29) is 48.0 Å². The average molecular weight is 487 g/mol. The second-order valence-corrected chi connectivity index (χ2v) is 11.0. The monoisotopic (exact) mass is 486 g/mol. The molecule has 3 aliphatic rings. The average Bonchev–Trinajstić information content (AvgIpc) is 3.46. The van der Waals surface area contributed by atoms with Crippen LogP contribution >= 0.6 is 0 Å². The number of amides is 1. The molecule has 0 aromatic heterocycles. The molecule has 9 heteroatoms. The summed E-state index contributed by atoms with van der Waals surface area (Å²) in [7, 11) is -3.72. The predicted molar refractivity (Wildman–Crippen MR) is 126 cm³/mol. The molecule has 2 aromatic carbocycles. The summed E-state index contributed by atoms with van der Waals surface area (Å²) in [4.78, 5) is 12.8. The van der Waals surface area contributed by atoms with E-state index in [1.54, 1.807) is 48.5 Å². The van der Waals surface area contributed by atoms with Crippen LogP contribution in [0.5, 0.6) is 5.75 Å². The topological polar surface area (TPSA) is 114 Å².